The zero-order valence-electron chi connectivity index (χ0n) is 11.8. The van der Waals surface area contributed by atoms with Crippen LogP contribution in [-0.2, 0) is 0 Å². The Morgan fingerprint density at radius 1 is 1.11 bits per heavy atom. The van der Waals surface area contributed by atoms with Crippen molar-refractivity contribution in [2.75, 3.05) is 6.61 Å². The van der Waals surface area contributed by atoms with Gasteiger partial charge in [0.15, 0.2) is 0 Å². The molecule has 1 aromatic rings. The highest BCUT2D eigenvalue weighted by molar-refractivity contribution is 5.29. The largest absolute Gasteiger partial charge is 0.494 e. The Kier molecular flexibility index (Phi) is 6.76. The molecule has 0 amide bonds. The summed E-state index contributed by atoms with van der Waals surface area (Å²) in [6, 6.07) is 8.48. The molecule has 102 valence electrons. The van der Waals surface area contributed by atoms with Gasteiger partial charge in [0.05, 0.1) is 6.61 Å². The third-order valence-corrected chi connectivity index (χ3v) is 3.41. The number of hydrazine groups is 1. The first kappa shape index (κ1) is 15.0. The van der Waals surface area contributed by atoms with Crippen LogP contribution in [0.4, 0.5) is 0 Å². The van der Waals surface area contributed by atoms with Crippen molar-refractivity contribution < 1.29 is 4.74 Å². The zero-order chi connectivity index (χ0) is 13.4. The lowest BCUT2D eigenvalue weighted by atomic mass is 9.89. The Balaban J connectivity index is 2.74. The van der Waals surface area contributed by atoms with Crippen molar-refractivity contribution in [3.63, 3.8) is 0 Å². The van der Waals surface area contributed by atoms with E-state index in [1.165, 1.54) is 5.56 Å². The van der Waals surface area contributed by atoms with Crippen LogP contribution in [0.2, 0.25) is 0 Å². The highest BCUT2D eigenvalue weighted by Crippen LogP contribution is 2.27. The lowest BCUT2D eigenvalue weighted by Gasteiger charge is -2.25. The second kappa shape index (κ2) is 8.11. The molecule has 0 bridgehead atoms. The summed E-state index contributed by atoms with van der Waals surface area (Å²) < 4.78 is 5.59. The van der Waals surface area contributed by atoms with Gasteiger partial charge in [0, 0.05) is 6.04 Å². The van der Waals surface area contributed by atoms with Crippen molar-refractivity contribution in [3.8, 4) is 5.75 Å². The first-order chi connectivity index (χ1) is 8.76. The monoisotopic (exact) mass is 250 g/mol. The van der Waals surface area contributed by atoms with Crippen molar-refractivity contribution in [1.29, 1.82) is 0 Å². The van der Waals surface area contributed by atoms with Crippen LogP contribution in [0.3, 0.4) is 0 Å². The highest BCUT2D eigenvalue weighted by Gasteiger charge is 2.18. The number of hydrogen-bond donors (Lipinski definition) is 2. The van der Waals surface area contributed by atoms with E-state index < -0.39 is 0 Å². The van der Waals surface area contributed by atoms with Gasteiger partial charge < -0.3 is 4.74 Å². The molecule has 1 atom stereocenters. The van der Waals surface area contributed by atoms with Gasteiger partial charge >= 0.3 is 0 Å². The number of benzene rings is 1. The molecule has 3 N–H and O–H groups in total. The van der Waals surface area contributed by atoms with Crippen LogP contribution in [0.1, 0.15) is 51.6 Å². The number of hydrogen-bond acceptors (Lipinski definition) is 3. The van der Waals surface area contributed by atoms with Crippen LogP contribution >= 0.6 is 0 Å². The van der Waals surface area contributed by atoms with Crippen LogP contribution in [0.25, 0.3) is 0 Å². The van der Waals surface area contributed by atoms with E-state index in [2.05, 4.69) is 38.3 Å². The van der Waals surface area contributed by atoms with E-state index in [-0.39, 0.29) is 6.04 Å². The molecule has 0 fully saturated rings. The van der Waals surface area contributed by atoms with Crippen molar-refractivity contribution in [2.24, 2.45) is 11.8 Å². The molecule has 0 spiro atoms. The Hall–Kier alpha value is -1.06. The van der Waals surface area contributed by atoms with E-state index in [0.717, 1.165) is 31.6 Å². The quantitative estimate of drug-likeness (QED) is 0.549. The number of ether oxygens (including phenoxy) is 1. The molecule has 0 heterocycles. The van der Waals surface area contributed by atoms with E-state index in [1.54, 1.807) is 0 Å². The van der Waals surface area contributed by atoms with Crippen molar-refractivity contribution in [3.05, 3.63) is 29.8 Å². The Bertz CT molecular complexity index is 320. The Morgan fingerprint density at radius 3 is 2.17 bits per heavy atom. The molecule has 0 aliphatic heterocycles. The Labute approximate surface area is 111 Å². The molecule has 3 nitrogen and oxygen atoms in total. The van der Waals surface area contributed by atoms with E-state index in [0.29, 0.717) is 5.92 Å². The van der Waals surface area contributed by atoms with Gasteiger partial charge in [-0.05, 0) is 30.0 Å². The van der Waals surface area contributed by atoms with Crippen LogP contribution in [0.5, 0.6) is 5.75 Å². The second-order valence-corrected chi connectivity index (χ2v) is 4.64. The predicted molar refractivity (Wildman–Crippen MR) is 76.4 cm³/mol. The van der Waals surface area contributed by atoms with Crippen molar-refractivity contribution in [1.82, 2.24) is 5.43 Å². The van der Waals surface area contributed by atoms with E-state index in [9.17, 15) is 0 Å². The summed E-state index contributed by atoms with van der Waals surface area (Å²) in [4.78, 5) is 0. The normalized spacial score (nSPS) is 12.7. The maximum Gasteiger partial charge on any atom is 0.119 e. The van der Waals surface area contributed by atoms with E-state index >= 15 is 0 Å². The molecule has 0 saturated carbocycles. The maximum atomic E-state index is 5.69. The Morgan fingerprint density at radius 2 is 1.72 bits per heavy atom. The molecule has 0 aromatic heterocycles. The summed E-state index contributed by atoms with van der Waals surface area (Å²) in [5, 5.41) is 0. The molecular weight excluding hydrogens is 224 g/mol. The van der Waals surface area contributed by atoms with Crippen molar-refractivity contribution in [2.45, 2.75) is 46.1 Å². The van der Waals surface area contributed by atoms with Gasteiger partial charge in [-0.2, -0.15) is 0 Å². The minimum Gasteiger partial charge on any atom is -0.494 e. The third kappa shape index (κ3) is 4.00. The molecule has 3 heteroatoms. The molecule has 1 rings (SSSR count). The van der Waals surface area contributed by atoms with Crippen LogP contribution < -0.4 is 16.0 Å². The van der Waals surface area contributed by atoms with Crippen molar-refractivity contribution >= 4 is 0 Å². The van der Waals surface area contributed by atoms with Crippen LogP contribution in [0.15, 0.2) is 24.3 Å². The summed E-state index contributed by atoms with van der Waals surface area (Å²) in [5.74, 6) is 7.19. The van der Waals surface area contributed by atoms with Gasteiger partial charge in [0.2, 0.25) is 0 Å². The summed E-state index contributed by atoms with van der Waals surface area (Å²) in [6.07, 6.45) is 3.28. The maximum absolute atomic E-state index is 5.69. The fourth-order valence-corrected chi connectivity index (χ4v) is 2.26. The fourth-order valence-electron chi connectivity index (χ4n) is 2.26. The minimum atomic E-state index is 0.222. The lowest BCUT2D eigenvalue weighted by Crippen LogP contribution is -2.33. The van der Waals surface area contributed by atoms with Gasteiger partial charge in [-0.25, -0.2) is 0 Å². The van der Waals surface area contributed by atoms with Gasteiger partial charge in [0.25, 0.3) is 0 Å². The van der Waals surface area contributed by atoms with Gasteiger partial charge in [-0.1, -0.05) is 45.7 Å². The number of nitrogens with one attached hydrogen (secondary N) is 1. The minimum absolute atomic E-state index is 0.222. The first-order valence-corrected chi connectivity index (χ1v) is 6.95. The average molecular weight is 250 g/mol. The smallest absolute Gasteiger partial charge is 0.119 e. The van der Waals surface area contributed by atoms with Gasteiger partial charge in [0.1, 0.15) is 5.75 Å². The molecule has 0 saturated heterocycles. The SMILES string of the molecule is CCCOc1ccc(C(NN)C(CC)CC)cc1. The average Bonchev–Trinajstić information content (AvgIpc) is 2.43. The molecule has 0 aliphatic carbocycles. The van der Waals surface area contributed by atoms with Crippen LogP contribution in [0, 0.1) is 5.92 Å². The molecule has 0 aliphatic rings. The lowest BCUT2D eigenvalue weighted by molar-refractivity contribution is 0.316. The summed E-state index contributed by atoms with van der Waals surface area (Å²) in [7, 11) is 0. The van der Waals surface area contributed by atoms with E-state index in [1.807, 2.05) is 12.1 Å². The molecule has 1 unspecified atom stereocenters. The molecular formula is C15H26N2O. The predicted octanol–water partition coefficient (Wildman–Crippen LogP) is 3.42. The third-order valence-electron chi connectivity index (χ3n) is 3.41. The topological polar surface area (TPSA) is 47.3 Å². The molecule has 0 radical (unpaired) electrons. The summed E-state index contributed by atoms with van der Waals surface area (Å²) in [6.45, 7) is 7.29. The second-order valence-electron chi connectivity index (χ2n) is 4.64. The standard InChI is InChI=1S/C15H26N2O/c1-4-11-18-14-9-7-13(8-10-14)15(17-16)12(5-2)6-3/h7-10,12,15,17H,4-6,11,16H2,1-3H3. The number of rotatable bonds is 8. The molecule has 1 aromatic carbocycles. The summed E-state index contributed by atoms with van der Waals surface area (Å²) >= 11 is 0. The molecule has 18 heavy (non-hydrogen) atoms. The number of nitrogens with two attached hydrogens (primary N) is 1. The fraction of sp³-hybridized carbons (Fsp3) is 0.600. The van der Waals surface area contributed by atoms with E-state index in [4.69, 9.17) is 10.6 Å². The van der Waals surface area contributed by atoms with Gasteiger partial charge in [-0.3, -0.25) is 11.3 Å². The zero-order valence-corrected chi connectivity index (χ0v) is 11.8. The van der Waals surface area contributed by atoms with Gasteiger partial charge in [-0.15, -0.1) is 0 Å². The highest BCUT2D eigenvalue weighted by atomic mass is 16.5. The summed E-state index contributed by atoms with van der Waals surface area (Å²) in [5.41, 5.74) is 4.17. The van der Waals surface area contributed by atoms with Crippen LogP contribution in [-0.4, -0.2) is 6.61 Å². The first-order valence-electron chi connectivity index (χ1n) is 6.95.